The predicted molar refractivity (Wildman–Crippen MR) is 87.2 cm³/mol. The number of aryl methyl sites for hydroxylation is 1. The number of ether oxygens (including phenoxy) is 1. The van der Waals surface area contributed by atoms with Gasteiger partial charge in [-0.1, -0.05) is 19.9 Å². The van der Waals surface area contributed by atoms with Crippen molar-refractivity contribution in [2.45, 2.75) is 46.1 Å². The van der Waals surface area contributed by atoms with Gasteiger partial charge in [-0.25, -0.2) is 0 Å². The molecule has 23 heavy (non-hydrogen) atoms. The maximum absolute atomic E-state index is 11.5. The molecule has 130 valence electrons. The molecular weight excluding hydrogens is 318 g/mol. The van der Waals surface area contributed by atoms with Crippen LogP contribution >= 0.6 is 0 Å². The van der Waals surface area contributed by atoms with E-state index in [1.54, 1.807) is 6.07 Å². The number of carbonyl (C=O) groups is 1. The zero-order chi connectivity index (χ0) is 17.3. The molecule has 1 rings (SSSR count). The van der Waals surface area contributed by atoms with E-state index in [1.807, 2.05) is 26.0 Å². The van der Waals surface area contributed by atoms with Crippen LogP contribution in [-0.2, 0) is 36.9 Å². The molecule has 0 spiro atoms. The van der Waals surface area contributed by atoms with Gasteiger partial charge >= 0.3 is 5.97 Å². The Morgan fingerprint density at radius 2 is 1.91 bits per heavy atom. The lowest BCUT2D eigenvalue weighted by atomic mass is 10.1. The number of hydrogen-bond donors (Lipinski definition) is 0. The molecule has 0 aromatic carbocycles. The minimum atomic E-state index is -3.47. The Morgan fingerprint density at radius 3 is 2.57 bits per heavy atom. The van der Waals surface area contributed by atoms with E-state index in [0.717, 1.165) is 31.2 Å². The first-order valence-corrected chi connectivity index (χ1v) is 9.53. The molecule has 0 aliphatic rings. The molecule has 1 aromatic heterocycles. The van der Waals surface area contributed by atoms with E-state index in [9.17, 15) is 13.2 Å². The molecule has 0 bridgehead atoms. The van der Waals surface area contributed by atoms with Crippen LogP contribution in [0.5, 0.6) is 0 Å². The fraction of sp³-hybridized carbons (Fsp3) is 0.625. The lowest BCUT2D eigenvalue weighted by molar-refractivity contribution is -0.144. The number of nitrogens with zero attached hydrogens (tertiary/aromatic N) is 1. The van der Waals surface area contributed by atoms with Gasteiger partial charge < -0.3 is 4.74 Å². The average molecular weight is 343 g/mol. The monoisotopic (exact) mass is 343 g/mol. The highest BCUT2D eigenvalue weighted by molar-refractivity contribution is 7.85. The van der Waals surface area contributed by atoms with E-state index in [0.29, 0.717) is 24.6 Å². The number of esters is 1. The topological polar surface area (TPSA) is 82.6 Å². The highest BCUT2D eigenvalue weighted by atomic mass is 32.2. The van der Waals surface area contributed by atoms with Crippen LogP contribution in [0.3, 0.4) is 0 Å². The highest BCUT2D eigenvalue weighted by Crippen LogP contribution is 2.08. The van der Waals surface area contributed by atoms with Gasteiger partial charge in [0.25, 0.3) is 10.1 Å². The van der Waals surface area contributed by atoms with E-state index >= 15 is 0 Å². The second-order valence-electron chi connectivity index (χ2n) is 5.87. The summed E-state index contributed by atoms with van der Waals surface area (Å²) in [5.41, 5.74) is 1.43. The van der Waals surface area contributed by atoms with Gasteiger partial charge in [0.15, 0.2) is 0 Å². The van der Waals surface area contributed by atoms with Crippen molar-refractivity contribution in [3.05, 3.63) is 29.6 Å². The zero-order valence-electron chi connectivity index (χ0n) is 13.9. The van der Waals surface area contributed by atoms with Gasteiger partial charge in [-0.05, 0) is 37.3 Å². The molecule has 0 saturated carbocycles. The maximum Gasteiger partial charge on any atom is 0.305 e. The molecule has 6 nitrogen and oxygen atoms in total. The van der Waals surface area contributed by atoms with E-state index in [2.05, 4.69) is 4.98 Å². The minimum absolute atomic E-state index is 0.0613. The molecule has 0 saturated heterocycles. The van der Waals surface area contributed by atoms with E-state index in [4.69, 9.17) is 8.92 Å². The summed E-state index contributed by atoms with van der Waals surface area (Å²) in [5, 5.41) is 0. The Bertz CT molecular complexity index is 598. The fourth-order valence-corrected chi connectivity index (χ4v) is 2.16. The summed E-state index contributed by atoms with van der Waals surface area (Å²) in [6, 6.07) is 5.42. The van der Waals surface area contributed by atoms with Crippen LogP contribution in [0.15, 0.2) is 18.2 Å². The molecule has 1 aromatic rings. The maximum atomic E-state index is 11.5. The molecule has 0 aliphatic carbocycles. The Labute approximate surface area is 138 Å². The largest absolute Gasteiger partial charge is 0.465 e. The van der Waals surface area contributed by atoms with Crippen molar-refractivity contribution >= 4 is 16.1 Å². The Kier molecular flexibility index (Phi) is 8.19. The first kappa shape index (κ1) is 19.6. The number of unbranched alkanes of at least 4 members (excludes halogenated alkanes) is 1. The molecule has 0 atom stereocenters. The SMILES string of the molecule is CC(C)COC(=O)CCCCc1cccc(COS(C)(=O)=O)n1. The fourth-order valence-electron chi connectivity index (χ4n) is 1.82. The van der Waals surface area contributed by atoms with Crippen LogP contribution in [-0.4, -0.2) is 32.2 Å². The second-order valence-corrected chi connectivity index (χ2v) is 7.51. The van der Waals surface area contributed by atoms with Crippen LogP contribution in [0, 0.1) is 5.92 Å². The van der Waals surface area contributed by atoms with E-state index < -0.39 is 10.1 Å². The van der Waals surface area contributed by atoms with Crippen molar-refractivity contribution in [3.63, 3.8) is 0 Å². The summed E-state index contributed by atoms with van der Waals surface area (Å²) in [4.78, 5) is 15.8. The molecule has 0 unspecified atom stereocenters. The Morgan fingerprint density at radius 1 is 1.22 bits per heavy atom. The molecule has 0 aliphatic heterocycles. The summed E-state index contributed by atoms with van der Waals surface area (Å²) in [6.07, 6.45) is 3.70. The molecule has 7 heteroatoms. The molecular formula is C16H25NO5S. The summed E-state index contributed by atoms with van der Waals surface area (Å²) in [7, 11) is -3.47. The summed E-state index contributed by atoms with van der Waals surface area (Å²) in [6.45, 7) is 4.40. The minimum Gasteiger partial charge on any atom is -0.465 e. The Balaban J connectivity index is 2.31. The molecule has 0 N–H and O–H groups in total. The summed E-state index contributed by atoms with van der Waals surface area (Å²) in [5.74, 6) is 0.182. The van der Waals surface area contributed by atoms with Crippen LogP contribution in [0.2, 0.25) is 0 Å². The predicted octanol–water partition coefficient (Wildman–Crippen LogP) is 2.47. The average Bonchev–Trinajstić information content (AvgIpc) is 2.47. The second kappa shape index (κ2) is 9.62. The van der Waals surface area contributed by atoms with Crippen molar-refractivity contribution in [1.82, 2.24) is 4.98 Å². The molecule has 0 amide bonds. The molecule has 1 heterocycles. The summed E-state index contributed by atoms with van der Waals surface area (Å²) < 4.78 is 31.8. The van der Waals surface area contributed by atoms with Gasteiger partial charge in [0, 0.05) is 12.1 Å². The van der Waals surface area contributed by atoms with Gasteiger partial charge in [-0.15, -0.1) is 0 Å². The third-order valence-corrected chi connectivity index (χ3v) is 3.47. The van der Waals surface area contributed by atoms with Crippen LogP contribution in [0.1, 0.15) is 44.5 Å². The van der Waals surface area contributed by atoms with Gasteiger partial charge in [0.2, 0.25) is 0 Å². The van der Waals surface area contributed by atoms with E-state index in [-0.39, 0.29) is 12.6 Å². The van der Waals surface area contributed by atoms with Gasteiger partial charge in [-0.3, -0.25) is 14.0 Å². The Hall–Kier alpha value is -1.47. The lowest BCUT2D eigenvalue weighted by Crippen LogP contribution is -2.09. The van der Waals surface area contributed by atoms with Gasteiger partial charge in [-0.2, -0.15) is 8.42 Å². The first-order valence-electron chi connectivity index (χ1n) is 7.71. The number of rotatable bonds is 10. The first-order chi connectivity index (χ1) is 10.8. The number of pyridine rings is 1. The highest BCUT2D eigenvalue weighted by Gasteiger charge is 2.06. The smallest absolute Gasteiger partial charge is 0.305 e. The molecule has 0 fully saturated rings. The zero-order valence-corrected chi connectivity index (χ0v) is 14.8. The van der Waals surface area contributed by atoms with Gasteiger partial charge in [0.05, 0.1) is 18.6 Å². The number of carbonyl (C=O) groups excluding carboxylic acids is 1. The third-order valence-electron chi connectivity index (χ3n) is 2.93. The van der Waals surface area contributed by atoms with Gasteiger partial charge in [0.1, 0.15) is 6.61 Å². The van der Waals surface area contributed by atoms with Crippen molar-refractivity contribution in [3.8, 4) is 0 Å². The normalized spacial score (nSPS) is 11.7. The summed E-state index contributed by atoms with van der Waals surface area (Å²) >= 11 is 0. The van der Waals surface area contributed by atoms with Crippen molar-refractivity contribution in [2.75, 3.05) is 12.9 Å². The van der Waals surface area contributed by atoms with Crippen molar-refractivity contribution in [1.29, 1.82) is 0 Å². The molecule has 0 radical (unpaired) electrons. The van der Waals surface area contributed by atoms with Crippen LogP contribution < -0.4 is 0 Å². The lowest BCUT2D eigenvalue weighted by Gasteiger charge is -2.07. The van der Waals surface area contributed by atoms with Crippen LogP contribution in [0.25, 0.3) is 0 Å². The standard InChI is InChI=1S/C16H25NO5S/c1-13(2)11-21-16(18)10-5-4-7-14-8-6-9-15(17-14)12-22-23(3,19)20/h6,8-9,13H,4-5,7,10-12H2,1-3H3. The van der Waals surface area contributed by atoms with Crippen LogP contribution in [0.4, 0.5) is 0 Å². The van der Waals surface area contributed by atoms with E-state index in [1.165, 1.54) is 0 Å². The van der Waals surface area contributed by atoms with Crippen molar-refractivity contribution in [2.24, 2.45) is 5.92 Å². The van der Waals surface area contributed by atoms with Crippen molar-refractivity contribution < 1.29 is 22.1 Å². The number of aromatic nitrogens is 1. The third kappa shape index (κ3) is 10.0. The quantitative estimate of drug-likeness (QED) is 0.369. The number of hydrogen-bond acceptors (Lipinski definition) is 6.